The molecule has 0 unspecified atom stereocenters. The number of carbonyl (C=O) groups excluding carboxylic acids is 1. The molecule has 1 N–H and O–H groups in total. The van der Waals surface area contributed by atoms with Gasteiger partial charge in [0, 0.05) is 26.2 Å². The van der Waals surface area contributed by atoms with Gasteiger partial charge in [0.05, 0.1) is 11.2 Å². The predicted octanol–water partition coefficient (Wildman–Crippen LogP) is 1.91. The highest BCUT2D eigenvalue weighted by Crippen LogP contribution is 2.33. The Morgan fingerprint density at radius 1 is 1.29 bits per heavy atom. The fourth-order valence-corrected chi connectivity index (χ4v) is 2.76. The van der Waals surface area contributed by atoms with Crippen LogP contribution >= 0.6 is 0 Å². The first-order valence-electron chi connectivity index (χ1n) is 8.14. The van der Waals surface area contributed by atoms with Crippen molar-refractivity contribution in [2.45, 2.75) is 6.18 Å². The van der Waals surface area contributed by atoms with Crippen LogP contribution in [0.1, 0.15) is 10.6 Å². The molecule has 1 aliphatic rings. The van der Waals surface area contributed by atoms with Crippen molar-refractivity contribution in [1.82, 2.24) is 14.9 Å². The third kappa shape index (κ3) is 4.29. The van der Waals surface area contributed by atoms with Crippen molar-refractivity contribution in [1.29, 1.82) is 0 Å². The van der Waals surface area contributed by atoms with E-state index >= 15 is 0 Å². The number of furan rings is 1. The van der Waals surface area contributed by atoms with Gasteiger partial charge < -0.3 is 19.5 Å². The molecular weight excluding hydrogens is 385 g/mol. The molecule has 10 nitrogen and oxygen atoms in total. The van der Waals surface area contributed by atoms with Crippen molar-refractivity contribution in [3.8, 4) is 0 Å². The van der Waals surface area contributed by atoms with E-state index in [-0.39, 0.29) is 43.7 Å². The third-order valence-corrected chi connectivity index (χ3v) is 4.04. The second-order valence-electron chi connectivity index (χ2n) is 5.88. The fraction of sp³-hybridized carbons (Fsp3) is 0.400. The van der Waals surface area contributed by atoms with Gasteiger partial charge in [-0.05, 0) is 12.1 Å². The van der Waals surface area contributed by atoms with Gasteiger partial charge in [-0.15, -0.1) is 0 Å². The number of nitro groups is 1. The second-order valence-corrected chi connectivity index (χ2v) is 5.88. The lowest BCUT2D eigenvalue weighted by Gasteiger charge is -2.34. The van der Waals surface area contributed by atoms with Crippen molar-refractivity contribution in [2.24, 2.45) is 0 Å². The summed E-state index contributed by atoms with van der Waals surface area (Å²) in [7, 11) is 0. The van der Waals surface area contributed by atoms with Gasteiger partial charge in [-0.1, -0.05) is 0 Å². The van der Waals surface area contributed by atoms with Gasteiger partial charge in [0.15, 0.2) is 5.76 Å². The number of amides is 1. The van der Waals surface area contributed by atoms with Crippen molar-refractivity contribution in [3.63, 3.8) is 0 Å². The van der Waals surface area contributed by atoms with Crippen LogP contribution < -0.4 is 10.2 Å². The SMILES string of the molecule is O=C(c1ccco1)N1CCN(c2ncnc(NCC(F)(F)F)c2[N+](=O)[O-])CC1. The molecule has 150 valence electrons. The second kappa shape index (κ2) is 7.70. The first-order chi connectivity index (χ1) is 13.3. The minimum Gasteiger partial charge on any atom is -0.459 e. The number of nitrogens with one attached hydrogen (secondary N) is 1. The van der Waals surface area contributed by atoms with Crippen LogP contribution in [-0.4, -0.2) is 64.6 Å². The number of aromatic nitrogens is 2. The maximum atomic E-state index is 12.4. The van der Waals surface area contributed by atoms with Gasteiger partial charge in [-0.25, -0.2) is 9.97 Å². The Bertz CT molecular complexity index is 850. The molecule has 2 aromatic heterocycles. The average molecular weight is 400 g/mol. The number of rotatable bonds is 5. The van der Waals surface area contributed by atoms with Crippen molar-refractivity contribution in [3.05, 3.63) is 40.6 Å². The van der Waals surface area contributed by atoms with E-state index in [1.807, 2.05) is 5.32 Å². The minimum absolute atomic E-state index is 0.102. The number of alkyl halides is 3. The molecule has 0 bridgehead atoms. The summed E-state index contributed by atoms with van der Waals surface area (Å²) < 4.78 is 42.4. The highest BCUT2D eigenvalue weighted by atomic mass is 19.4. The maximum absolute atomic E-state index is 12.4. The first-order valence-corrected chi connectivity index (χ1v) is 8.14. The summed E-state index contributed by atoms with van der Waals surface area (Å²) in [6.45, 7) is -0.556. The van der Waals surface area contributed by atoms with Crippen molar-refractivity contribution < 1.29 is 27.3 Å². The summed E-state index contributed by atoms with van der Waals surface area (Å²) in [6.07, 6.45) is -2.22. The van der Waals surface area contributed by atoms with Crippen LogP contribution in [-0.2, 0) is 0 Å². The topological polar surface area (TPSA) is 118 Å². The molecule has 3 heterocycles. The molecule has 0 saturated carbocycles. The van der Waals surface area contributed by atoms with Crippen LogP contribution in [0, 0.1) is 10.1 Å². The molecule has 0 radical (unpaired) electrons. The van der Waals surface area contributed by atoms with Gasteiger partial charge in [-0.3, -0.25) is 14.9 Å². The van der Waals surface area contributed by atoms with E-state index in [1.54, 1.807) is 6.07 Å². The number of halogens is 3. The normalized spacial score (nSPS) is 14.8. The van der Waals surface area contributed by atoms with E-state index in [2.05, 4.69) is 9.97 Å². The molecule has 1 amide bonds. The molecule has 28 heavy (non-hydrogen) atoms. The van der Waals surface area contributed by atoms with Crippen LogP contribution in [0.15, 0.2) is 29.1 Å². The predicted molar refractivity (Wildman–Crippen MR) is 90.1 cm³/mol. The molecule has 0 spiro atoms. The fourth-order valence-electron chi connectivity index (χ4n) is 2.76. The van der Waals surface area contributed by atoms with Gasteiger partial charge in [0.2, 0.25) is 11.6 Å². The first kappa shape index (κ1) is 19.4. The number of nitrogens with zero attached hydrogens (tertiary/aromatic N) is 5. The highest BCUT2D eigenvalue weighted by Gasteiger charge is 2.33. The van der Waals surface area contributed by atoms with E-state index in [9.17, 15) is 28.1 Å². The Morgan fingerprint density at radius 2 is 2.00 bits per heavy atom. The Balaban J connectivity index is 1.75. The molecule has 0 aliphatic carbocycles. The van der Waals surface area contributed by atoms with Gasteiger partial charge in [0.1, 0.15) is 12.9 Å². The van der Waals surface area contributed by atoms with Crippen LogP contribution in [0.2, 0.25) is 0 Å². The van der Waals surface area contributed by atoms with Crippen LogP contribution in [0.3, 0.4) is 0 Å². The largest absolute Gasteiger partial charge is 0.459 e. The molecule has 1 aliphatic heterocycles. The number of piperazine rings is 1. The Kier molecular flexibility index (Phi) is 5.33. The molecule has 13 heteroatoms. The lowest BCUT2D eigenvalue weighted by Crippen LogP contribution is -2.49. The van der Waals surface area contributed by atoms with Crippen LogP contribution in [0.5, 0.6) is 0 Å². The molecular formula is C15H15F3N6O4. The standard InChI is InChI=1S/C15H15F3N6O4/c16-15(17,18)8-19-12-11(24(26)27)13(21-9-20-12)22-3-5-23(6-4-22)14(25)10-2-1-7-28-10/h1-2,7,9H,3-6,8H2,(H,19,20,21). The van der Waals surface area contributed by atoms with Gasteiger partial charge in [0.25, 0.3) is 5.91 Å². The third-order valence-electron chi connectivity index (χ3n) is 4.04. The molecule has 0 aromatic carbocycles. The van der Waals surface area contributed by atoms with Crippen molar-refractivity contribution >= 4 is 23.2 Å². The summed E-state index contributed by atoms with van der Waals surface area (Å²) in [4.78, 5) is 33.4. The van der Waals surface area contributed by atoms with Crippen LogP contribution in [0.25, 0.3) is 0 Å². The Hall–Kier alpha value is -3.38. The van der Waals surface area contributed by atoms with E-state index in [0.717, 1.165) is 6.33 Å². The minimum atomic E-state index is -4.56. The molecule has 3 rings (SSSR count). The molecule has 2 aromatic rings. The summed E-state index contributed by atoms with van der Waals surface area (Å²) in [5.74, 6) is -0.745. The smallest absolute Gasteiger partial charge is 0.405 e. The van der Waals surface area contributed by atoms with Crippen molar-refractivity contribution in [2.75, 3.05) is 42.9 Å². The summed E-state index contributed by atoms with van der Waals surface area (Å²) >= 11 is 0. The number of carbonyl (C=O) groups is 1. The molecule has 0 atom stereocenters. The Labute approximate surface area is 156 Å². The monoisotopic (exact) mass is 400 g/mol. The quantitative estimate of drug-likeness (QED) is 0.597. The van der Waals surface area contributed by atoms with E-state index in [4.69, 9.17) is 4.42 Å². The van der Waals surface area contributed by atoms with E-state index in [1.165, 1.54) is 22.1 Å². The van der Waals surface area contributed by atoms with Crippen LogP contribution in [0.4, 0.5) is 30.5 Å². The molecule has 1 saturated heterocycles. The zero-order valence-electron chi connectivity index (χ0n) is 14.3. The highest BCUT2D eigenvalue weighted by molar-refractivity contribution is 5.91. The van der Waals surface area contributed by atoms with E-state index < -0.39 is 29.1 Å². The lowest BCUT2D eigenvalue weighted by atomic mass is 10.2. The average Bonchev–Trinajstić information content (AvgIpc) is 3.19. The number of anilines is 2. The maximum Gasteiger partial charge on any atom is 0.405 e. The zero-order valence-corrected chi connectivity index (χ0v) is 14.3. The van der Waals surface area contributed by atoms with Gasteiger partial charge in [-0.2, -0.15) is 13.2 Å². The number of hydrogen-bond donors (Lipinski definition) is 1. The number of hydrogen-bond acceptors (Lipinski definition) is 8. The Morgan fingerprint density at radius 3 is 2.57 bits per heavy atom. The lowest BCUT2D eigenvalue weighted by molar-refractivity contribution is -0.383. The van der Waals surface area contributed by atoms with Gasteiger partial charge >= 0.3 is 11.9 Å². The zero-order chi connectivity index (χ0) is 20.3. The molecule has 1 fully saturated rings. The summed E-state index contributed by atoms with van der Waals surface area (Å²) in [6, 6.07) is 3.12. The van der Waals surface area contributed by atoms with E-state index in [0.29, 0.717) is 0 Å². The summed E-state index contributed by atoms with van der Waals surface area (Å²) in [5.41, 5.74) is -0.641. The summed E-state index contributed by atoms with van der Waals surface area (Å²) in [5, 5.41) is 13.4.